The highest BCUT2D eigenvalue weighted by Gasteiger charge is 2.75. The summed E-state index contributed by atoms with van der Waals surface area (Å²) < 4.78 is 11.5. The van der Waals surface area contributed by atoms with E-state index in [1.165, 1.54) is 37.7 Å². The molecule has 0 spiro atoms. The molecule has 3 nitrogen and oxygen atoms in total. The van der Waals surface area contributed by atoms with E-state index in [-0.39, 0.29) is 17.0 Å². The molecule has 0 N–H and O–H groups in total. The van der Waals surface area contributed by atoms with Gasteiger partial charge in [0.15, 0.2) is 0 Å². The quantitative estimate of drug-likeness (QED) is 0.700. The van der Waals surface area contributed by atoms with Gasteiger partial charge in [-0.2, -0.15) is 0 Å². The summed E-state index contributed by atoms with van der Waals surface area (Å²) in [5.41, 5.74) is 3.40. The van der Waals surface area contributed by atoms with Crippen molar-refractivity contribution in [3.63, 3.8) is 0 Å². The molecule has 3 heteroatoms. The summed E-state index contributed by atoms with van der Waals surface area (Å²) in [6.07, 6.45) is 9.47. The number of rotatable bonds is 2. The molecule has 0 unspecified atom stereocenters. The third-order valence-corrected chi connectivity index (χ3v) is 9.02. The number of carbonyl (C=O) groups excluding carboxylic acids is 1. The average molecular weight is 354 g/mol. The van der Waals surface area contributed by atoms with Crippen LogP contribution in [0.4, 0.5) is 0 Å². The molecule has 5 rings (SSSR count). The van der Waals surface area contributed by atoms with Gasteiger partial charge in [-0.1, -0.05) is 13.0 Å². The Kier molecular flexibility index (Phi) is 3.37. The lowest BCUT2D eigenvalue weighted by molar-refractivity contribution is -0.174. The Morgan fingerprint density at radius 2 is 1.88 bits per heavy atom. The fourth-order valence-corrected chi connectivity index (χ4v) is 7.88. The number of hydrogen-bond donors (Lipinski definition) is 0. The van der Waals surface area contributed by atoms with Crippen LogP contribution in [0.2, 0.25) is 0 Å². The molecule has 4 aliphatic rings. The molecule has 3 atom stereocenters. The van der Waals surface area contributed by atoms with Crippen LogP contribution in [0.1, 0.15) is 75.8 Å². The molecule has 1 aromatic rings. The lowest BCUT2D eigenvalue weighted by atomic mass is 9.48. The topological polar surface area (TPSA) is 35.5 Å². The Morgan fingerprint density at radius 3 is 2.58 bits per heavy atom. The summed E-state index contributed by atoms with van der Waals surface area (Å²) in [5, 5.41) is 0. The maximum atomic E-state index is 11.9. The average Bonchev–Trinajstić information content (AvgIpc) is 3.03. The molecular formula is C23H30O3. The second-order valence-electron chi connectivity index (χ2n) is 9.43. The molecule has 0 heterocycles. The van der Waals surface area contributed by atoms with Gasteiger partial charge in [0.1, 0.15) is 11.4 Å². The predicted molar refractivity (Wildman–Crippen MR) is 100 cm³/mol. The molecule has 0 saturated heterocycles. The minimum atomic E-state index is -0.190. The lowest BCUT2D eigenvalue weighted by Gasteiger charge is -2.57. The molecule has 0 aromatic heterocycles. The number of aryl methyl sites for hydroxylation is 1. The normalized spacial score (nSPS) is 42.6. The van der Waals surface area contributed by atoms with Crippen molar-refractivity contribution >= 4 is 5.97 Å². The lowest BCUT2D eigenvalue weighted by Crippen LogP contribution is -2.53. The van der Waals surface area contributed by atoms with Gasteiger partial charge in [-0.3, -0.25) is 4.79 Å². The Hall–Kier alpha value is -1.51. The van der Waals surface area contributed by atoms with Gasteiger partial charge < -0.3 is 9.47 Å². The molecule has 2 bridgehead atoms. The standard InChI is InChI=1S/C23H30O3/c1-15(24)26-23-12-10-22(11-13-23)20-7-4-16-14-17(25-3)5-6-18(16)19(20)8-9-21(22,23)2/h5-6,14,19-20H,4,7-13H2,1-3H3/t19-,20-,21+,22-,23+/m1/s1. The summed E-state index contributed by atoms with van der Waals surface area (Å²) in [6.45, 7) is 4.04. The zero-order valence-electron chi connectivity index (χ0n) is 16.3. The summed E-state index contributed by atoms with van der Waals surface area (Å²) >= 11 is 0. The van der Waals surface area contributed by atoms with E-state index in [0.29, 0.717) is 11.3 Å². The van der Waals surface area contributed by atoms with Gasteiger partial charge in [0, 0.05) is 12.3 Å². The third kappa shape index (κ3) is 1.82. The smallest absolute Gasteiger partial charge is 0.303 e. The minimum absolute atomic E-state index is 0.0906. The van der Waals surface area contributed by atoms with E-state index in [1.807, 2.05) is 0 Å². The van der Waals surface area contributed by atoms with Crippen LogP contribution < -0.4 is 4.74 Å². The van der Waals surface area contributed by atoms with Gasteiger partial charge in [0.05, 0.1) is 7.11 Å². The molecule has 26 heavy (non-hydrogen) atoms. The van der Waals surface area contributed by atoms with Crippen molar-refractivity contribution in [1.29, 1.82) is 0 Å². The maximum absolute atomic E-state index is 11.9. The molecule has 3 saturated carbocycles. The first-order chi connectivity index (χ1) is 12.4. The highest BCUT2D eigenvalue weighted by molar-refractivity contribution is 5.67. The van der Waals surface area contributed by atoms with Crippen LogP contribution in [-0.2, 0) is 16.0 Å². The van der Waals surface area contributed by atoms with Crippen molar-refractivity contribution in [2.75, 3.05) is 7.11 Å². The Balaban J connectivity index is 1.54. The van der Waals surface area contributed by atoms with Gasteiger partial charge >= 0.3 is 5.97 Å². The summed E-state index contributed by atoms with van der Waals surface area (Å²) in [6, 6.07) is 6.72. The zero-order chi connectivity index (χ0) is 18.2. The molecule has 4 aliphatic carbocycles. The van der Waals surface area contributed by atoms with Crippen LogP contribution in [0.3, 0.4) is 0 Å². The van der Waals surface area contributed by atoms with Gasteiger partial charge in [-0.15, -0.1) is 0 Å². The number of carbonyl (C=O) groups is 1. The molecule has 1 aromatic carbocycles. The number of esters is 1. The van der Waals surface area contributed by atoms with Crippen molar-refractivity contribution in [3.8, 4) is 5.75 Å². The van der Waals surface area contributed by atoms with Crippen LogP contribution in [0.15, 0.2) is 18.2 Å². The SMILES string of the molecule is COc1ccc2c(c1)CC[C@@H]1[C@@H]2CC[C@]2(C)[C@]3(OC(C)=O)CC[C@@]12CC3. The van der Waals surface area contributed by atoms with E-state index in [2.05, 4.69) is 25.1 Å². The fraction of sp³-hybridized carbons (Fsp3) is 0.696. The van der Waals surface area contributed by atoms with Crippen LogP contribution >= 0.6 is 0 Å². The zero-order valence-corrected chi connectivity index (χ0v) is 16.3. The van der Waals surface area contributed by atoms with Crippen LogP contribution in [0, 0.1) is 16.7 Å². The van der Waals surface area contributed by atoms with Gasteiger partial charge in [0.25, 0.3) is 0 Å². The van der Waals surface area contributed by atoms with Crippen molar-refractivity contribution in [2.24, 2.45) is 16.7 Å². The largest absolute Gasteiger partial charge is 0.497 e. The van der Waals surface area contributed by atoms with Crippen molar-refractivity contribution in [3.05, 3.63) is 29.3 Å². The number of ether oxygens (including phenoxy) is 2. The molecule has 3 fully saturated rings. The molecule has 0 radical (unpaired) electrons. The summed E-state index contributed by atoms with van der Waals surface area (Å²) in [7, 11) is 1.75. The van der Waals surface area contributed by atoms with E-state index in [4.69, 9.17) is 9.47 Å². The fourth-order valence-electron chi connectivity index (χ4n) is 7.88. The van der Waals surface area contributed by atoms with Gasteiger partial charge in [-0.25, -0.2) is 0 Å². The maximum Gasteiger partial charge on any atom is 0.303 e. The molecule has 140 valence electrons. The highest BCUT2D eigenvalue weighted by atomic mass is 16.6. The van der Waals surface area contributed by atoms with E-state index in [9.17, 15) is 4.79 Å². The van der Waals surface area contributed by atoms with Crippen LogP contribution in [0.5, 0.6) is 5.75 Å². The number of benzene rings is 1. The number of fused-ring (bicyclic) bond motifs is 3. The Labute approximate surface area is 156 Å². The summed E-state index contributed by atoms with van der Waals surface area (Å²) in [5.74, 6) is 2.30. The van der Waals surface area contributed by atoms with E-state index in [0.717, 1.165) is 30.9 Å². The molecule has 0 aliphatic heterocycles. The van der Waals surface area contributed by atoms with Gasteiger partial charge in [0.2, 0.25) is 0 Å². The first-order valence-electron chi connectivity index (χ1n) is 10.3. The van der Waals surface area contributed by atoms with Crippen molar-refractivity contribution in [2.45, 2.75) is 76.7 Å². The Morgan fingerprint density at radius 1 is 1.12 bits per heavy atom. The molecular weight excluding hydrogens is 324 g/mol. The first-order valence-corrected chi connectivity index (χ1v) is 10.3. The molecule has 0 amide bonds. The second kappa shape index (κ2) is 5.27. The second-order valence-corrected chi connectivity index (χ2v) is 9.43. The van der Waals surface area contributed by atoms with Crippen molar-refractivity contribution < 1.29 is 14.3 Å². The Bertz CT molecular complexity index is 759. The van der Waals surface area contributed by atoms with E-state index >= 15 is 0 Å². The van der Waals surface area contributed by atoms with Crippen LogP contribution in [0.25, 0.3) is 0 Å². The first kappa shape index (κ1) is 16.6. The van der Waals surface area contributed by atoms with Crippen molar-refractivity contribution in [1.82, 2.24) is 0 Å². The monoisotopic (exact) mass is 354 g/mol. The van der Waals surface area contributed by atoms with E-state index < -0.39 is 0 Å². The number of methoxy groups -OCH3 is 1. The van der Waals surface area contributed by atoms with Gasteiger partial charge in [-0.05, 0) is 91.9 Å². The highest BCUT2D eigenvalue weighted by Crippen LogP contribution is 2.78. The summed E-state index contributed by atoms with van der Waals surface area (Å²) in [4.78, 5) is 11.9. The van der Waals surface area contributed by atoms with E-state index in [1.54, 1.807) is 19.6 Å². The number of hydrogen-bond acceptors (Lipinski definition) is 3. The minimum Gasteiger partial charge on any atom is -0.497 e. The predicted octanol–water partition coefficient (Wildman–Crippen LogP) is 5.02. The van der Waals surface area contributed by atoms with Crippen LogP contribution in [-0.4, -0.2) is 18.7 Å². The third-order valence-electron chi connectivity index (χ3n) is 9.02.